The van der Waals surface area contributed by atoms with Gasteiger partial charge in [0.2, 0.25) is 5.01 Å². The molecular weight excluding hydrogens is 410 g/mol. The van der Waals surface area contributed by atoms with Crippen molar-refractivity contribution < 1.29 is 9.59 Å². The van der Waals surface area contributed by atoms with Crippen LogP contribution in [0.5, 0.6) is 0 Å². The van der Waals surface area contributed by atoms with Crippen molar-refractivity contribution in [3.05, 3.63) is 75.7 Å². The molecule has 8 heteroatoms. The maximum absolute atomic E-state index is 12.6. The molecule has 0 saturated carbocycles. The molecule has 1 fully saturated rings. The Bertz CT molecular complexity index is 1040. The van der Waals surface area contributed by atoms with Gasteiger partial charge in [0, 0.05) is 31.2 Å². The number of hydrogen-bond donors (Lipinski definition) is 2. The number of rotatable bonds is 5. The minimum Gasteiger partial charge on any atom is -0.334 e. The molecule has 31 heavy (non-hydrogen) atoms. The van der Waals surface area contributed by atoms with Crippen molar-refractivity contribution in [3.63, 3.8) is 0 Å². The first-order valence-corrected chi connectivity index (χ1v) is 11.2. The Balaban J connectivity index is 1.34. The number of benzene rings is 2. The van der Waals surface area contributed by atoms with E-state index in [0.717, 1.165) is 41.2 Å². The molecule has 3 aromatic rings. The van der Waals surface area contributed by atoms with E-state index in [1.165, 1.54) is 11.3 Å². The quantitative estimate of drug-likeness (QED) is 0.629. The Hall–Kier alpha value is -3.26. The van der Waals surface area contributed by atoms with E-state index in [1.807, 2.05) is 66.4 Å². The molecule has 7 nitrogen and oxygen atoms in total. The van der Waals surface area contributed by atoms with Gasteiger partial charge in [-0.3, -0.25) is 4.79 Å². The molecule has 0 unspecified atom stereocenters. The van der Waals surface area contributed by atoms with E-state index in [4.69, 9.17) is 0 Å². The van der Waals surface area contributed by atoms with E-state index in [9.17, 15) is 9.59 Å². The summed E-state index contributed by atoms with van der Waals surface area (Å²) < 4.78 is 0. The molecule has 1 aromatic heterocycles. The molecule has 1 saturated heterocycles. The first kappa shape index (κ1) is 21.0. The molecule has 4 rings (SSSR count). The number of anilines is 1. The molecule has 1 aliphatic heterocycles. The number of piperidine rings is 1. The van der Waals surface area contributed by atoms with Crippen LogP contribution in [0.1, 0.15) is 44.7 Å². The van der Waals surface area contributed by atoms with Gasteiger partial charge in [-0.15, -0.1) is 10.2 Å². The van der Waals surface area contributed by atoms with Gasteiger partial charge >= 0.3 is 6.03 Å². The summed E-state index contributed by atoms with van der Waals surface area (Å²) in [5, 5.41) is 15.3. The lowest BCUT2D eigenvalue weighted by Crippen LogP contribution is -2.44. The smallest absolute Gasteiger partial charge is 0.317 e. The van der Waals surface area contributed by atoms with Gasteiger partial charge in [0.25, 0.3) is 5.91 Å². The fourth-order valence-electron chi connectivity index (χ4n) is 3.56. The van der Waals surface area contributed by atoms with Crippen LogP contribution in [0.15, 0.2) is 54.6 Å². The summed E-state index contributed by atoms with van der Waals surface area (Å²) in [5.74, 6) is -0.171. The Labute approximate surface area is 185 Å². The maximum atomic E-state index is 12.6. The second kappa shape index (κ2) is 9.70. The summed E-state index contributed by atoms with van der Waals surface area (Å²) in [4.78, 5) is 26.9. The molecular formula is C23H25N5O2S. The van der Waals surface area contributed by atoms with Gasteiger partial charge in [0.05, 0.1) is 0 Å². The Morgan fingerprint density at radius 1 is 1.10 bits per heavy atom. The maximum Gasteiger partial charge on any atom is 0.317 e. The second-order valence-corrected chi connectivity index (χ2v) is 8.70. The van der Waals surface area contributed by atoms with Crippen LogP contribution < -0.4 is 10.6 Å². The zero-order valence-corrected chi connectivity index (χ0v) is 18.2. The third-order valence-electron chi connectivity index (χ3n) is 5.29. The molecule has 2 heterocycles. The van der Waals surface area contributed by atoms with Crippen LogP contribution in [0, 0.1) is 6.92 Å². The summed E-state index contributed by atoms with van der Waals surface area (Å²) >= 11 is 1.30. The van der Waals surface area contributed by atoms with Crippen molar-refractivity contribution in [1.29, 1.82) is 0 Å². The average Bonchev–Trinajstić information content (AvgIpc) is 3.30. The predicted octanol–water partition coefficient (Wildman–Crippen LogP) is 4.19. The van der Waals surface area contributed by atoms with Crippen LogP contribution in [0.3, 0.4) is 0 Å². The summed E-state index contributed by atoms with van der Waals surface area (Å²) in [6.07, 6.45) is 1.82. The number of aromatic nitrogens is 2. The first-order chi connectivity index (χ1) is 15.1. The second-order valence-electron chi connectivity index (χ2n) is 7.70. The van der Waals surface area contributed by atoms with Gasteiger partial charge in [0.15, 0.2) is 0 Å². The lowest BCUT2D eigenvalue weighted by molar-refractivity contribution is 0.102. The van der Waals surface area contributed by atoms with E-state index < -0.39 is 0 Å². The van der Waals surface area contributed by atoms with Crippen LogP contribution in [0.2, 0.25) is 0 Å². The number of hydrogen-bond acceptors (Lipinski definition) is 5. The summed E-state index contributed by atoms with van der Waals surface area (Å²) in [7, 11) is 0. The van der Waals surface area contributed by atoms with E-state index in [-0.39, 0.29) is 17.9 Å². The number of nitrogens with zero attached hydrogens (tertiary/aromatic N) is 3. The molecule has 0 radical (unpaired) electrons. The molecule has 160 valence electrons. The van der Waals surface area contributed by atoms with Crippen LogP contribution >= 0.6 is 11.3 Å². The number of likely N-dealkylation sites (tertiary alicyclic amines) is 1. The van der Waals surface area contributed by atoms with Gasteiger partial charge in [-0.1, -0.05) is 59.4 Å². The van der Waals surface area contributed by atoms with Crippen molar-refractivity contribution in [2.45, 2.75) is 32.2 Å². The minimum atomic E-state index is -0.263. The molecule has 0 aliphatic carbocycles. The highest BCUT2D eigenvalue weighted by atomic mass is 32.1. The monoisotopic (exact) mass is 435 g/mol. The molecule has 2 N–H and O–H groups in total. The Morgan fingerprint density at radius 2 is 1.87 bits per heavy atom. The van der Waals surface area contributed by atoms with Gasteiger partial charge in [0.1, 0.15) is 5.01 Å². The van der Waals surface area contributed by atoms with E-state index in [2.05, 4.69) is 20.8 Å². The van der Waals surface area contributed by atoms with E-state index in [0.29, 0.717) is 18.1 Å². The van der Waals surface area contributed by atoms with Crippen molar-refractivity contribution in [2.24, 2.45) is 0 Å². The third kappa shape index (κ3) is 5.46. The van der Waals surface area contributed by atoms with Crippen LogP contribution in [-0.2, 0) is 6.54 Å². The molecule has 3 amide bonds. The molecule has 0 bridgehead atoms. The standard InChI is InChI=1S/C23H25N5O2S/c1-16-9-11-19(12-10-16)25-20(29)22-27-26-21(31-22)18-8-5-13-28(15-18)23(30)24-14-17-6-3-2-4-7-17/h2-4,6-7,9-12,18H,5,8,13-15H2,1H3,(H,24,30)(H,25,29)/t18-/m1/s1. The lowest BCUT2D eigenvalue weighted by atomic mass is 9.99. The largest absolute Gasteiger partial charge is 0.334 e. The molecule has 0 spiro atoms. The number of urea groups is 1. The van der Waals surface area contributed by atoms with Crippen LogP contribution in [-0.4, -0.2) is 40.1 Å². The van der Waals surface area contributed by atoms with Gasteiger partial charge in [-0.05, 0) is 37.5 Å². The SMILES string of the molecule is Cc1ccc(NC(=O)c2nnc([C@@H]3CCCN(C(=O)NCc4ccccc4)C3)s2)cc1. The fourth-order valence-corrected chi connectivity index (χ4v) is 4.43. The highest BCUT2D eigenvalue weighted by Crippen LogP contribution is 2.29. The summed E-state index contributed by atoms with van der Waals surface area (Å²) in [6.45, 7) is 3.80. The summed E-state index contributed by atoms with van der Waals surface area (Å²) in [6, 6.07) is 17.4. The third-order valence-corrected chi connectivity index (χ3v) is 6.37. The fraction of sp³-hybridized carbons (Fsp3) is 0.304. The van der Waals surface area contributed by atoms with Crippen molar-refractivity contribution >= 4 is 29.0 Å². The molecule has 1 atom stereocenters. The number of carbonyl (C=O) groups is 2. The van der Waals surface area contributed by atoms with Crippen molar-refractivity contribution in [3.8, 4) is 0 Å². The number of aryl methyl sites for hydroxylation is 1. The molecule has 1 aliphatic rings. The number of carbonyl (C=O) groups excluding carboxylic acids is 2. The molecule has 2 aromatic carbocycles. The lowest BCUT2D eigenvalue weighted by Gasteiger charge is -2.31. The van der Waals surface area contributed by atoms with Gasteiger partial charge < -0.3 is 15.5 Å². The van der Waals surface area contributed by atoms with Gasteiger partial charge in [-0.2, -0.15) is 0 Å². The Morgan fingerprint density at radius 3 is 2.65 bits per heavy atom. The highest BCUT2D eigenvalue weighted by Gasteiger charge is 2.28. The Kier molecular flexibility index (Phi) is 6.57. The zero-order valence-electron chi connectivity index (χ0n) is 17.4. The average molecular weight is 436 g/mol. The van der Waals surface area contributed by atoms with E-state index in [1.54, 1.807) is 0 Å². The van der Waals surface area contributed by atoms with Crippen LogP contribution in [0.4, 0.5) is 10.5 Å². The van der Waals surface area contributed by atoms with Crippen molar-refractivity contribution in [1.82, 2.24) is 20.4 Å². The van der Waals surface area contributed by atoms with E-state index >= 15 is 0 Å². The number of nitrogens with one attached hydrogen (secondary N) is 2. The topological polar surface area (TPSA) is 87.2 Å². The van der Waals surface area contributed by atoms with Crippen molar-refractivity contribution in [2.75, 3.05) is 18.4 Å². The van der Waals surface area contributed by atoms with Gasteiger partial charge in [-0.25, -0.2) is 4.79 Å². The highest BCUT2D eigenvalue weighted by molar-refractivity contribution is 7.13. The first-order valence-electron chi connectivity index (χ1n) is 10.4. The van der Waals surface area contributed by atoms with Crippen LogP contribution in [0.25, 0.3) is 0 Å². The summed E-state index contributed by atoms with van der Waals surface area (Å²) in [5.41, 5.74) is 2.93. The number of amides is 3. The normalized spacial score (nSPS) is 16.0. The minimum absolute atomic E-state index is 0.0737. The predicted molar refractivity (Wildman–Crippen MR) is 121 cm³/mol. The zero-order chi connectivity index (χ0) is 21.6.